The Morgan fingerprint density at radius 3 is 2.75 bits per heavy atom. The summed E-state index contributed by atoms with van der Waals surface area (Å²) in [7, 11) is 0. The molecule has 0 aromatic heterocycles. The third-order valence-electron chi connectivity index (χ3n) is 3.12. The maximum absolute atomic E-state index is 12.7. The largest absolute Gasteiger partial charge is 0.508 e. The highest BCUT2D eigenvalue weighted by molar-refractivity contribution is 5.77. The minimum atomic E-state index is -0.831. The highest BCUT2D eigenvalue weighted by atomic mass is 19.1. The summed E-state index contributed by atoms with van der Waals surface area (Å²) in [4.78, 5) is 22.9. The summed E-state index contributed by atoms with van der Waals surface area (Å²) >= 11 is 0. The standard InChI is InChI=1S/C14H16FNO4/c1-14(6-7-19-13(18)20-14)8-12(17)16-9-10-2-4-11(15)5-3-10/h2-5H,6-9H2,1H3,(H,16,17). The third-order valence-corrected chi connectivity index (χ3v) is 3.12. The van der Waals surface area contributed by atoms with Gasteiger partial charge in [-0.2, -0.15) is 0 Å². The average Bonchev–Trinajstić information content (AvgIpc) is 2.37. The van der Waals surface area contributed by atoms with Gasteiger partial charge in [0.05, 0.1) is 13.0 Å². The second-order valence-electron chi connectivity index (χ2n) is 4.98. The van der Waals surface area contributed by atoms with Gasteiger partial charge in [-0.25, -0.2) is 9.18 Å². The van der Waals surface area contributed by atoms with Crippen LogP contribution in [0.4, 0.5) is 9.18 Å². The first kappa shape index (κ1) is 14.3. The summed E-state index contributed by atoms with van der Waals surface area (Å²) in [5, 5.41) is 2.71. The zero-order valence-electron chi connectivity index (χ0n) is 11.1. The Hall–Kier alpha value is -2.11. The van der Waals surface area contributed by atoms with E-state index in [0.29, 0.717) is 13.0 Å². The molecule has 1 aromatic carbocycles. The molecule has 0 saturated carbocycles. The summed E-state index contributed by atoms with van der Waals surface area (Å²) < 4.78 is 22.4. The van der Waals surface area contributed by atoms with Crippen molar-refractivity contribution in [3.8, 4) is 0 Å². The highest BCUT2D eigenvalue weighted by Crippen LogP contribution is 2.24. The van der Waals surface area contributed by atoms with Gasteiger partial charge in [-0.3, -0.25) is 4.79 Å². The number of cyclic esters (lactones) is 2. The van der Waals surface area contributed by atoms with Crippen LogP contribution in [0.2, 0.25) is 0 Å². The first-order chi connectivity index (χ1) is 9.47. The quantitative estimate of drug-likeness (QED) is 0.859. The monoisotopic (exact) mass is 281 g/mol. The molecule has 1 saturated heterocycles. The molecule has 1 aromatic rings. The van der Waals surface area contributed by atoms with E-state index in [9.17, 15) is 14.0 Å². The average molecular weight is 281 g/mol. The summed E-state index contributed by atoms with van der Waals surface area (Å²) in [6, 6.07) is 5.88. The van der Waals surface area contributed by atoms with Gasteiger partial charge in [0.15, 0.2) is 0 Å². The fourth-order valence-electron chi connectivity index (χ4n) is 1.96. The minimum Gasteiger partial charge on any atom is -0.434 e. The predicted molar refractivity (Wildman–Crippen MR) is 68.3 cm³/mol. The molecule has 1 heterocycles. The van der Waals surface area contributed by atoms with Gasteiger partial charge in [-0.1, -0.05) is 12.1 Å². The second-order valence-corrected chi connectivity index (χ2v) is 4.98. The lowest BCUT2D eigenvalue weighted by atomic mass is 9.97. The molecular formula is C14H16FNO4. The van der Waals surface area contributed by atoms with Crippen molar-refractivity contribution in [2.45, 2.75) is 31.9 Å². The molecule has 6 heteroatoms. The van der Waals surface area contributed by atoms with E-state index in [1.807, 2.05) is 0 Å². The van der Waals surface area contributed by atoms with Gasteiger partial charge in [0.1, 0.15) is 11.4 Å². The summed E-state index contributed by atoms with van der Waals surface area (Å²) in [5.41, 5.74) is -0.0313. The van der Waals surface area contributed by atoms with E-state index in [0.717, 1.165) is 5.56 Å². The van der Waals surface area contributed by atoms with Gasteiger partial charge < -0.3 is 14.8 Å². The summed E-state index contributed by atoms with van der Waals surface area (Å²) in [6.07, 6.45) is -0.198. The van der Waals surface area contributed by atoms with E-state index >= 15 is 0 Å². The second kappa shape index (κ2) is 5.90. The van der Waals surface area contributed by atoms with Gasteiger partial charge in [0.25, 0.3) is 0 Å². The van der Waals surface area contributed by atoms with Crippen molar-refractivity contribution >= 4 is 12.1 Å². The van der Waals surface area contributed by atoms with Crippen molar-refractivity contribution in [1.82, 2.24) is 5.32 Å². The zero-order chi connectivity index (χ0) is 14.6. The van der Waals surface area contributed by atoms with Crippen LogP contribution in [-0.4, -0.2) is 24.3 Å². The molecule has 0 aliphatic carbocycles. The Labute approximate surface area is 116 Å². The van der Waals surface area contributed by atoms with Crippen LogP contribution < -0.4 is 5.32 Å². The minimum absolute atomic E-state index is 0.0727. The number of hydrogen-bond acceptors (Lipinski definition) is 4. The number of hydrogen-bond donors (Lipinski definition) is 1. The van der Waals surface area contributed by atoms with Crippen LogP contribution in [0.5, 0.6) is 0 Å². The van der Waals surface area contributed by atoms with Gasteiger partial charge in [0, 0.05) is 13.0 Å². The fraction of sp³-hybridized carbons (Fsp3) is 0.429. The molecule has 2 rings (SSSR count). The lowest BCUT2D eigenvalue weighted by molar-refractivity contribution is -0.130. The maximum atomic E-state index is 12.7. The smallest absolute Gasteiger partial charge is 0.434 e. The van der Waals surface area contributed by atoms with Gasteiger partial charge >= 0.3 is 6.16 Å². The Morgan fingerprint density at radius 1 is 1.40 bits per heavy atom. The molecule has 5 nitrogen and oxygen atoms in total. The Kier molecular flexibility index (Phi) is 4.22. The molecule has 108 valence electrons. The zero-order valence-corrected chi connectivity index (χ0v) is 11.1. The van der Waals surface area contributed by atoms with Gasteiger partial charge in [-0.15, -0.1) is 0 Å². The Morgan fingerprint density at radius 2 is 2.10 bits per heavy atom. The summed E-state index contributed by atoms with van der Waals surface area (Å²) in [6.45, 7) is 2.26. The van der Waals surface area contributed by atoms with Crippen molar-refractivity contribution in [3.05, 3.63) is 35.6 Å². The van der Waals surface area contributed by atoms with Crippen LogP contribution in [0.3, 0.4) is 0 Å². The first-order valence-electron chi connectivity index (χ1n) is 6.34. The molecule has 1 atom stereocenters. The van der Waals surface area contributed by atoms with E-state index in [-0.39, 0.29) is 24.8 Å². The predicted octanol–water partition coefficient (Wildman–Crippen LogP) is 2.15. The first-order valence-corrected chi connectivity index (χ1v) is 6.34. The SMILES string of the molecule is CC1(CC(=O)NCc2ccc(F)cc2)CCOC(=O)O1. The highest BCUT2D eigenvalue weighted by Gasteiger charge is 2.36. The summed E-state index contributed by atoms with van der Waals surface area (Å²) in [5.74, 6) is -0.548. The van der Waals surface area contributed by atoms with E-state index in [1.54, 1.807) is 19.1 Å². The maximum Gasteiger partial charge on any atom is 0.508 e. The van der Waals surface area contributed by atoms with Gasteiger partial charge in [-0.05, 0) is 24.6 Å². The normalized spacial score (nSPS) is 21.8. The number of ether oxygens (including phenoxy) is 2. The molecule has 1 aliphatic rings. The van der Waals surface area contributed by atoms with Crippen LogP contribution in [0.25, 0.3) is 0 Å². The van der Waals surface area contributed by atoms with Crippen molar-refractivity contribution in [1.29, 1.82) is 0 Å². The lowest BCUT2D eigenvalue weighted by Crippen LogP contribution is -2.42. The Balaban J connectivity index is 1.83. The molecule has 20 heavy (non-hydrogen) atoms. The van der Waals surface area contributed by atoms with Gasteiger partial charge in [0.2, 0.25) is 5.91 Å². The molecular weight excluding hydrogens is 265 g/mol. The van der Waals surface area contributed by atoms with Crippen molar-refractivity contribution in [2.24, 2.45) is 0 Å². The molecule has 1 N–H and O–H groups in total. The number of amides is 1. The lowest BCUT2D eigenvalue weighted by Gasteiger charge is -2.32. The number of benzene rings is 1. The van der Waals surface area contributed by atoms with Crippen LogP contribution >= 0.6 is 0 Å². The van der Waals surface area contributed by atoms with Crippen LogP contribution in [0.15, 0.2) is 24.3 Å². The van der Waals surface area contributed by atoms with E-state index < -0.39 is 11.8 Å². The number of rotatable bonds is 4. The molecule has 1 unspecified atom stereocenters. The molecule has 0 bridgehead atoms. The van der Waals surface area contributed by atoms with E-state index in [2.05, 4.69) is 10.1 Å². The fourth-order valence-corrected chi connectivity index (χ4v) is 1.96. The number of halogens is 1. The van der Waals surface area contributed by atoms with Crippen molar-refractivity contribution < 1.29 is 23.5 Å². The van der Waals surface area contributed by atoms with Crippen molar-refractivity contribution in [3.63, 3.8) is 0 Å². The molecule has 0 spiro atoms. The Bertz CT molecular complexity index is 502. The van der Waals surface area contributed by atoms with E-state index in [1.165, 1.54) is 12.1 Å². The number of carbonyl (C=O) groups excluding carboxylic acids is 2. The van der Waals surface area contributed by atoms with E-state index in [4.69, 9.17) is 4.74 Å². The number of carbonyl (C=O) groups is 2. The molecule has 0 radical (unpaired) electrons. The third kappa shape index (κ3) is 3.94. The molecule has 1 aliphatic heterocycles. The van der Waals surface area contributed by atoms with Crippen LogP contribution in [0, 0.1) is 5.82 Å². The van der Waals surface area contributed by atoms with Crippen molar-refractivity contribution in [2.75, 3.05) is 6.61 Å². The molecule has 1 amide bonds. The molecule has 1 fully saturated rings. The number of nitrogens with one attached hydrogen (secondary N) is 1. The van der Waals surface area contributed by atoms with Crippen LogP contribution in [-0.2, 0) is 20.8 Å². The topological polar surface area (TPSA) is 64.6 Å². The van der Waals surface area contributed by atoms with Crippen LogP contribution in [0.1, 0.15) is 25.3 Å².